The Hall–Kier alpha value is -2.65. The van der Waals surface area contributed by atoms with Gasteiger partial charge in [0.25, 0.3) is 0 Å². The summed E-state index contributed by atoms with van der Waals surface area (Å²) in [5.74, 6) is -0.435. The lowest BCUT2D eigenvalue weighted by Crippen LogP contribution is -2.42. The summed E-state index contributed by atoms with van der Waals surface area (Å²) >= 11 is 0. The van der Waals surface area contributed by atoms with E-state index in [1.54, 1.807) is 0 Å². The van der Waals surface area contributed by atoms with Crippen LogP contribution in [0.3, 0.4) is 0 Å². The summed E-state index contributed by atoms with van der Waals surface area (Å²) in [7, 11) is 0. The highest BCUT2D eigenvalue weighted by Gasteiger charge is 2.24. The van der Waals surface area contributed by atoms with E-state index in [-0.39, 0.29) is 0 Å². The molecule has 0 bridgehead atoms. The second-order valence-corrected chi connectivity index (χ2v) is 7.06. The molecule has 2 aromatic carbocycles. The van der Waals surface area contributed by atoms with Crippen molar-refractivity contribution in [3.63, 3.8) is 0 Å². The molecule has 27 heavy (non-hydrogen) atoms. The van der Waals surface area contributed by atoms with Gasteiger partial charge in [0.1, 0.15) is 6.04 Å². The number of nitrogens with zero attached hydrogens (tertiary/aromatic N) is 1. The highest BCUT2D eigenvalue weighted by molar-refractivity contribution is 5.73. The molecule has 0 aliphatic heterocycles. The number of benzene rings is 2. The molecule has 2 rings (SSSR count). The van der Waals surface area contributed by atoms with Gasteiger partial charge in [0.15, 0.2) is 0 Å². The number of rotatable bonds is 10. The van der Waals surface area contributed by atoms with Crippen molar-refractivity contribution < 1.29 is 9.90 Å². The Morgan fingerprint density at radius 2 is 1.33 bits per heavy atom. The Morgan fingerprint density at radius 1 is 0.889 bits per heavy atom. The minimum absolute atomic E-state index is 0.324. The predicted molar refractivity (Wildman–Crippen MR) is 113 cm³/mol. The number of aliphatic carboxylic acids is 1. The van der Waals surface area contributed by atoms with Crippen LogP contribution < -0.4 is 0 Å². The van der Waals surface area contributed by atoms with Crippen molar-refractivity contribution in [3.05, 3.63) is 83.9 Å². The smallest absolute Gasteiger partial charge is 0.320 e. The SMILES string of the molecule is CC(C)C[C@@H](C(=O)O)N(C/C=C/c1ccccc1)C/C=C/c1ccccc1. The second-order valence-electron chi connectivity index (χ2n) is 7.06. The van der Waals surface area contributed by atoms with Crippen molar-refractivity contribution in [1.29, 1.82) is 0 Å². The lowest BCUT2D eigenvalue weighted by atomic mass is 10.0. The standard InChI is InChI=1S/C24H29NO2/c1-20(2)19-23(24(26)27)25(17-9-15-21-11-5-3-6-12-21)18-10-16-22-13-7-4-8-14-22/h3-16,20,23H,17-19H2,1-2H3,(H,26,27)/b15-9+,16-10+/t23-/m0/s1. The van der Waals surface area contributed by atoms with Crippen LogP contribution in [0.1, 0.15) is 31.4 Å². The van der Waals surface area contributed by atoms with Gasteiger partial charge >= 0.3 is 5.97 Å². The maximum absolute atomic E-state index is 11.9. The first kappa shape index (κ1) is 20.7. The van der Waals surface area contributed by atoms with E-state index < -0.39 is 12.0 Å². The molecule has 1 N–H and O–H groups in total. The van der Waals surface area contributed by atoms with Crippen LogP contribution in [0, 0.1) is 5.92 Å². The monoisotopic (exact) mass is 363 g/mol. The highest BCUT2D eigenvalue weighted by Crippen LogP contribution is 2.14. The minimum atomic E-state index is -0.759. The Morgan fingerprint density at radius 3 is 1.70 bits per heavy atom. The molecule has 0 radical (unpaired) electrons. The van der Waals surface area contributed by atoms with Crippen LogP contribution in [-0.2, 0) is 4.79 Å². The molecule has 3 heteroatoms. The molecule has 1 atom stereocenters. The molecule has 0 fully saturated rings. The fourth-order valence-corrected chi connectivity index (χ4v) is 2.96. The molecule has 142 valence electrons. The maximum atomic E-state index is 11.9. The van der Waals surface area contributed by atoms with E-state index >= 15 is 0 Å². The fourth-order valence-electron chi connectivity index (χ4n) is 2.96. The largest absolute Gasteiger partial charge is 0.480 e. The van der Waals surface area contributed by atoms with Crippen LogP contribution in [0.15, 0.2) is 72.8 Å². The Labute approximate surface area is 162 Å². The van der Waals surface area contributed by atoms with Crippen LogP contribution in [-0.4, -0.2) is 35.1 Å². The zero-order valence-electron chi connectivity index (χ0n) is 16.2. The van der Waals surface area contributed by atoms with Gasteiger partial charge in [-0.25, -0.2) is 0 Å². The first-order valence-corrected chi connectivity index (χ1v) is 9.46. The van der Waals surface area contributed by atoms with E-state index in [0.29, 0.717) is 25.4 Å². The quantitative estimate of drug-likeness (QED) is 0.629. The van der Waals surface area contributed by atoms with Crippen LogP contribution in [0.25, 0.3) is 12.2 Å². The molecule has 2 aromatic rings. The van der Waals surface area contributed by atoms with Gasteiger partial charge in [0, 0.05) is 13.1 Å². The lowest BCUT2D eigenvalue weighted by Gasteiger charge is -2.28. The number of carboxylic acid groups (broad SMARTS) is 1. The van der Waals surface area contributed by atoms with Gasteiger partial charge in [-0.1, -0.05) is 98.8 Å². The average molecular weight is 364 g/mol. The van der Waals surface area contributed by atoms with E-state index in [9.17, 15) is 9.90 Å². The summed E-state index contributed by atoms with van der Waals surface area (Å²) in [4.78, 5) is 13.9. The van der Waals surface area contributed by atoms with E-state index in [1.165, 1.54) is 0 Å². The third-order valence-corrected chi connectivity index (χ3v) is 4.32. The Bertz CT molecular complexity index is 684. The summed E-state index contributed by atoms with van der Waals surface area (Å²) < 4.78 is 0. The minimum Gasteiger partial charge on any atom is -0.480 e. The van der Waals surface area contributed by atoms with Gasteiger partial charge in [0.2, 0.25) is 0 Å². The van der Waals surface area contributed by atoms with Crippen molar-refractivity contribution in [3.8, 4) is 0 Å². The maximum Gasteiger partial charge on any atom is 0.320 e. The molecule has 0 aliphatic rings. The predicted octanol–water partition coefficient (Wildman–Crippen LogP) is 5.21. The van der Waals surface area contributed by atoms with Gasteiger partial charge in [-0.15, -0.1) is 0 Å². The van der Waals surface area contributed by atoms with Crippen molar-refractivity contribution in [2.45, 2.75) is 26.3 Å². The topological polar surface area (TPSA) is 40.5 Å². The Balaban J connectivity index is 2.09. The van der Waals surface area contributed by atoms with Crippen molar-refractivity contribution >= 4 is 18.1 Å². The summed E-state index contributed by atoms with van der Waals surface area (Å²) in [6, 6.07) is 19.6. The number of hydrogen-bond acceptors (Lipinski definition) is 2. The molecular weight excluding hydrogens is 334 g/mol. The van der Waals surface area contributed by atoms with Gasteiger partial charge in [-0.2, -0.15) is 0 Å². The van der Waals surface area contributed by atoms with Crippen LogP contribution >= 0.6 is 0 Å². The molecule has 0 aromatic heterocycles. The molecule has 0 spiro atoms. The van der Waals surface area contributed by atoms with E-state index in [0.717, 1.165) is 11.1 Å². The van der Waals surface area contributed by atoms with Crippen molar-refractivity contribution in [2.24, 2.45) is 5.92 Å². The Kier molecular flexibility index (Phi) is 8.53. The summed E-state index contributed by atoms with van der Waals surface area (Å²) in [5.41, 5.74) is 2.24. The second kappa shape index (κ2) is 11.1. The summed E-state index contributed by atoms with van der Waals surface area (Å²) in [6.07, 6.45) is 8.81. The first-order chi connectivity index (χ1) is 13.1. The van der Waals surface area contributed by atoms with Crippen molar-refractivity contribution in [1.82, 2.24) is 4.90 Å². The van der Waals surface area contributed by atoms with Crippen LogP contribution in [0.2, 0.25) is 0 Å². The molecule has 0 heterocycles. The summed E-state index contributed by atoms with van der Waals surface area (Å²) in [6.45, 7) is 5.32. The average Bonchev–Trinajstić information content (AvgIpc) is 2.66. The van der Waals surface area contributed by atoms with E-state index in [1.807, 2.05) is 89.9 Å². The first-order valence-electron chi connectivity index (χ1n) is 9.46. The fraction of sp³-hybridized carbons (Fsp3) is 0.292. The summed E-state index contributed by atoms with van der Waals surface area (Å²) in [5, 5.41) is 9.74. The molecule has 0 saturated carbocycles. The van der Waals surface area contributed by atoms with E-state index in [2.05, 4.69) is 13.8 Å². The zero-order valence-corrected chi connectivity index (χ0v) is 16.2. The third-order valence-electron chi connectivity index (χ3n) is 4.32. The van der Waals surface area contributed by atoms with Crippen LogP contribution in [0.5, 0.6) is 0 Å². The van der Waals surface area contributed by atoms with Gasteiger partial charge in [-0.3, -0.25) is 9.69 Å². The van der Waals surface area contributed by atoms with Gasteiger partial charge in [-0.05, 0) is 23.5 Å². The third kappa shape index (κ3) is 7.63. The number of carbonyl (C=O) groups is 1. The molecule has 0 unspecified atom stereocenters. The number of hydrogen-bond donors (Lipinski definition) is 1. The molecule has 0 saturated heterocycles. The molecule has 0 aliphatic carbocycles. The molecule has 0 amide bonds. The highest BCUT2D eigenvalue weighted by atomic mass is 16.4. The van der Waals surface area contributed by atoms with E-state index in [4.69, 9.17) is 0 Å². The zero-order chi connectivity index (χ0) is 19.5. The molecular formula is C24H29NO2. The van der Waals surface area contributed by atoms with Crippen LogP contribution in [0.4, 0.5) is 0 Å². The van der Waals surface area contributed by atoms with Crippen molar-refractivity contribution in [2.75, 3.05) is 13.1 Å². The van der Waals surface area contributed by atoms with Gasteiger partial charge < -0.3 is 5.11 Å². The lowest BCUT2D eigenvalue weighted by molar-refractivity contribution is -0.143. The number of carboxylic acids is 1. The van der Waals surface area contributed by atoms with Gasteiger partial charge in [0.05, 0.1) is 0 Å². The molecule has 3 nitrogen and oxygen atoms in total. The normalized spacial score (nSPS) is 13.0.